The van der Waals surface area contributed by atoms with E-state index < -0.39 is 0 Å². The lowest BCUT2D eigenvalue weighted by molar-refractivity contribution is -0.127. The Morgan fingerprint density at radius 2 is 1.78 bits per heavy atom. The third-order valence-electron chi connectivity index (χ3n) is 3.66. The number of benzene rings is 1. The van der Waals surface area contributed by atoms with Gasteiger partial charge in [0.25, 0.3) is 0 Å². The topological polar surface area (TPSA) is 59.1 Å². The number of hydrogen-bond acceptors (Lipinski definition) is 4. The molecule has 0 bridgehead atoms. The highest BCUT2D eigenvalue weighted by Gasteiger charge is 2.23. The van der Waals surface area contributed by atoms with Gasteiger partial charge in [-0.05, 0) is 19.1 Å². The van der Waals surface area contributed by atoms with E-state index in [0.29, 0.717) is 32.8 Å². The molecule has 1 fully saturated rings. The fourth-order valence-corrected chi connectivity index (χ4v) is 2.39. The maximum Gasteiger partial charge on any atom is 0.409 e. The van der Waals surface area contributed by atoms with Crippen LogP contribution in [0.15, 0.2) is 30.3 Å². The summed E-state index contributed by atoms with van der Waals surface area (Å²) in [6.07, 6.45) is 2.97. The molecule has 0 aliphatic carbocycles. The van der Waals surface area contributed by atoms with Crippen molar-refractivity contribution in [1.82, 2.24) is 9.80 Å². The molecule has 0 radical (unpaired) electrons. The summed E-state index contributed by atoms with van der Waals surface area (Å²) in [6.45, 7) is 4.14. The second-order valence-electron chi connectivity index (χ2n) is 5.09. The molecule has 1 aromatic rings. The van der Waals surface area contributed by atoms with Crippen molar-refractivity contribution in [3.05, 3.63) is 35.9 Å². The van der Waals surface area contributed by atoms with Gasteiger partial charge in [-0.2, -0.15) is 0 Å². The first-order valence-electron chi connectivity index (χ1n) is 7.67. The number of amides is 2. The molecule has 0 N–H and O–H groups in total. The van der Waals surface area contributed by atoms with Gasteiger partial charge in [-0.25, -0.2) is 4.79 Å². The van der Waals surface area contributed by atoms with Gasteiger partial charge in [0, 0.05) is 37.8 Å². The summed E-state index contributed by atoms with van der Waals surface area (Å²) in [7, 11) is 1.60. The predicted molar refractivity (Wildman–Crippen MR) is 87.2 cm³/mol. The average Bonchev–Trinajstić information content (AvgIpc) is 2.60. The van der Waals surface area contributed by atoms with Gasteiger partial charge in [-0.3, -0.25) is 4.79 Å². The molecule has 0 unspecified atom stereocenters. The molecule has 0 spiro atoms. The lowest BCUT2D eigenvalue weighted by Gasteiger charge is -2.33. The van der Waals surface area contributed by atoms with E-state index in [1.807, 2.05) is 24.3 Å². The van der Waals surface area contributed by atoms with E-state index in [-0.39, 0.29) is 12.0 Å². The summed E-state index contributed by atoms with van der Waals surface area (Å²) < 4.78 is 10.2. The van der Waals surface area contributed by atoms with E-state index in [0.717, 1.165) is 11.3 Å². The van der Waals surface area contributed by atoms with Crippen LogP contribution in [0.2, 0.25) is 0 Å². The monoisotopic (exact) mass is 318 g/mol. The maximum absolute atomic E-state index is 12.2. The Bertz CT molecular complexity index is 578. The smallest absolute Gasteiger partial charge is 0.409 e. The van der Waals surface area contributed by atoms with Crippen LogP contribution in [0.4, 0.5) is 4.79 Å². The van der Waals surface area contributed by atoms with Crippen LogP contribution >= 0.6 is 0 Å². The van der Waals surface area contributed by atoms with Crippen molar-refractivity contribution >= 4 is 18.1 Å². The molecule has 1 saturated heterocycles. The van der Waals surface area contributed by atoms with E-state index in [4.69, 9.17) is 9.47 Å². The highest BCUT2D eigenvalue weighted by molar-refractivity contribution is 5.92. The summed E-state index contributed by atoms with van der Waals surface area (Å²) in [5.74, 6) is 0.656. The Labute approximate surface area is 136 Å². The van der Waals surface area contributed by atoms with Crippen molar-refractivity contribution in [2.45, 2.75) is 6.92 Å². The third-order valence-corrected chi connectivity index (χ3v) is 3.66. The Kier molecular flexibility index (Phi) is 6.02. The Morgan fingerprint density at radius 1 is 1.13 bits per heavy atom. The van der Waals surface area contributed by atoms with E-state index >= 15 is 0 Å². The normalized spacial score (nSPS) is 14.9. The molecule has 1 aliphatic heterocycles. The van der Waals surface area contributed by atoms with Gasteiger partial charge in [0.1, 0.15) is 5.75 Å². The number of rotatable bonds is 4. The second kappa shape index (κ2) is 8.22. The van der Waals surface area contributed by atoms with Crippen molar-refractivity contribution in [3.63, 3.8) is 0 Å². The van der Waals surface area contributed by atoms with Crippen molar-refractivity contribution in [1.29, 1.82) is 0 Å². The molecule has 1 heterocycles. The van der Waals surface area contributed by atoms with E-state index in [9.17, 15) is 9.59 Å². The Morgan fingerprint density at radius 3 is 2.43 bits per heavy atom. The van der Waals surface area contributed by atoms with Crippen LogP contribution in [0.25, 0.3) is 6.08 Å². The number of carbonyl (C=O) groups is 2. The van der Waals surface area contributed by atoms with Gasteiger partial charge < -0.3 is 19.3 Å². The van der Waals surface area contributed by atoms with Gasteiger partial charge in [-0.1, -0.05) is 18.2 Å². The van der Waals surface area contributed by atoms with Gasteiger partial charge in [0.2, 0.25) is 5.91 Å². The van der Waals surface area contributed by atoms with Crippen LogP contribution in [-0.4, -0.2) is 61.7 Å². The summed E-state index contributed by atoms with van der Waals surface area (Å²) in [5.41, 5.74) is 0.855. The standard InChI is InChI=1S/C17H22N2O4/c1-3-23-17(21)19-12-10-18(11-13-19)16(20)9-8-14-6-4-5-7-15(14)22-2/h4-9H,3,10-13H2,1-2H3/b9-8+. The molecule has 1 aromatic carbocycles. The lowest BCUT2D eigenvalue weighted by Crippen LogP contribution is -2.50. The molecule has 0 saturated carbocycles. The Balaban J connectivity index is 1.90. The first-order valence-corrected chi connectivity index (χ1v) is 7.67. The summed E-state index contributed by atoms with van der Waals surface area (Å²) in [5, 5.41) is 0. The first kappa shape index (κ1) is 16.9. The minimum Gasteiger partial charge on any atom is -0.496 e. The molecule has 2 amide bonds. The van der Waals surface area contributed by atoms with Crippen molar-refractivity contribution in [2.24, 2.45) is 0 Å². The molecule has 2 rings (SSSR count). The summed E-state index contributed by atoms with van der Waals surface area (Å²) in [4.78, 5) is 27.2. The van der Waals surface area contributed by atoms with Gasteiger partial charge in [0.15, 0.2) is 0 Å². The zero-order valence-corrected chi connectivity index (χ0v) is 13.5. The number of ether oxygens (including phenoxy) is 2. The lowest BCUT2D eigenvalue weighted by atomic mass is 10.2. The van der Waals surface area contributed by atoms with Gasteiger partial charge in [-0.15, -0.1) is 0 Å². The Hall–Kier alpha value is -2.50. The number of methoxy groups -OCH3 is 1. The average molecular weight is 318 g/mol. The molecule has 0 atom stereocenters. The fraction of sp³-hybridized carbons (Fsp3) is 0.412. The van der Waals surface area contributed by atoms with Crippen LogP contribution < -0.4 is 4.74 Å². The predicted octanol–water partition coefficient (Wildman–Crippen LogP) is 2.01. The quantitative estimate of drug-likeness (QED) is 0.797. The van der Waals surface area contributed by atoms with E-state index in [1.165, 1.54) is 6.08 Å². The van der Waals surface area contributed by atoms with E-state index in [1.54, 1.807) is 29.9 Å². The highest BCUT2D eigenvalue weighted by atomic mass is 16.6. The largest absolute Gasteiger partial charge is 0.496 e. The molecule has 1 aliphatic rings. The third kappa shape index (κ3) is 4.48. The van der Waals surface area contributed by atoms with Crippen molar-refractivity contribution in [3.8, 4) is 5.75 Å². The fourth-order valence-electron chi connectivity index (χ4n) is 2.39. The summed E-state index contributed by atoms with van der Waals surface area (Å²) >= 11 is 0. The van der Waals surface area contributed by atoms with Crippen LogP contribution in [0.5, 0.6) is 5.75 Å². The molecule has 124 valence electrons. The van der Waals surface area contributed by atoms with Crippen LogP contribution in [0, 0.1) is 0 Å². The van der Waals surface area contributed by atoms with E-state index in [2.05, 4.69) is 0 Å². The molecule has 23 heavy (non-hydrogen) atoms. The molecule has 6 nitrogen and oxygen atoms in total. The van der Waals surface area contributed by atoms with Crippen molar-refractivity contribution < 1.29 is 19.1 Å². The van der Waals surface area contributed by atoms with Crippen LogP contribution in [0.3, 0.4) is 0 Å². The number of para-hydroxylation sites is 1. The molecule has 0 aromatic heterocycles. The van der Waals surface area contributed by atoms with Crippen molar-refractivity contribution in [2.75, 3.05) is 39.9 Å². The van der Waals surface area contributed by atoms with Crippen LogP contribution in [-0.2, 0) is 9.53 Å². The molecular weight excluding hydrogens is 296 g/mol. The van der Waals surface area contributed by atoms with Gasteiger partial charge in [0.05, 0.1) is 13.7 Å². The first-order chi connectivity index (χ1) is 11.2. The minimum atomic E-state index is -0.316. The molecule has 6 heteroatoms. The number of carbonyl (C=O) groups excluding carboxylic acids is 2. The highest BCUT2D eigenvalue weighted by Crippen LogP contribution is 2.18. The maximum atomic E-state index is 12.2. The minimum absolute atomic E-state index is 0.0700. The van der Waals surface area contributed by atoms with Crippen LogP contribution in [0.1, 0.15) is 12.5 Å². The number of hydrogen-bond donors (Lipinski definition) is 0. The number of nitrogens with zero attached hydrogens (tertiary/aromatic N) is 2. The summed E-state index contributed by atoms with van der Waals surface area (Å²) in [6, 6.07) is 7.51. The number of piperazine rings is 1. The second-order valence-corrected chi connectivity index (χ2v) is 5.09. The zero-order valence-electron chi connectivity index (χ0n) is 13.5. The van der Waals surface area contributed by atoms with Gasteiger partial charge >= 0.3 is 6.09 Å². The molecular formula is C17H22N2O4. The zero-order chi connectivity index (χ0) is 16.7. The SMILES string of the molecule is CCOC(=O)N1CCN(C(=O)/C=C/c2ccccc2OC)CC1.